The Morgan fingerprint density at radius 1 is 1.32 bits per heavy atom. The maximum absolute atomic E-state index is 12.6. The Morgan fingerprint density at radius 2 is 1.95 bits per heavy atom. The largest absolute Gasteiger partial charge is 0.435 e. The Morgan fingerprint density at radius 3 is 2.42 bits per heavy atom. The van der Waals surface area contributed by atoms with E-state index < -0.39 is 18.0 Å². The lowest BCUT2D eigenvalue weighted by molar-refractivity contribution is -0.142. The van der Waals surface area contributed by atoms with Crippen LogP contribution in [0.1, 0.15) is 36.8 Å². The lowest BCUT2D eigenvalue weighted by Crippen LogP contribution is -2.38. The molecule has 0 amide bonds. The molecule has 0 N–H and O–H groups in total. The molecule has 0 spiro atoms. The standard InChI is InChI=1S/C12H16F3N3O/c1-9-7-10(12(13,14)15)16-18(9)11(8-19)17-5-3-2-4-6-17/h7-8,11H,2-6H2,1H3/t11-/m0/s1. The minimum Gasteiger partial charge on any atom is -0.299 e. The number of aromatic nitrogens is 2. The Balaban J connectivity index is 2.27. The third kappa shape index (κ3) is 2.97. The van der Waals surface area contributed by atoms with Crippen molar-refractivity contribution in [3.63, 3.8) is 0 Å². The van der Waals surface area contributed by atoms with Gasteiger partial charge in [0.05, 0.1) is 0 Å². The van der Waals surface area contributed by atoms with Gasteiger partial charge in [-0.15, -0.1) is 0 Å². The molecule has 106 valence electrons. The molecule has 0 unspecified atom stereocenters. The van der Waals surface area contributed by atoms with Crippen LogP contribution in [0, 0.1) is 6.92 Å². The second-order valence-corrected chi connectivity index (χ2v) is 4.76. The summed E-state index contributed by atoms with van der Waals surface area (Å²) in [4.78, 5) is 13.1. The molecule has 4 nitrogen and oxygen atoms in total. The van der Waals surface area contributed by atoms with Crippen molar-refractivity contribution >= 4 is 6.29 Å². The fourth-order valence-corrected chi connectivity index (χ4v) is 2.38. The summed E-state index contributed by atoms with van der Waals surface area (Å²) in [6.07, 6.45) is -1.56. The van der Waals surface area contributed by atoms with E-state index in [-0.39, 0.29) is 0 Å². The zero-order chi connectivity index (χ0) is 14.0. The smallest absolute Gasteiger partial charge is 0.299 e. The van der Waals surface area contributed by atoms with Gasteiger partial charge in [0.2, 0.25) is 0 Å². The molecule has 1 aliphatic rings. The van der Waals surface area contributed by atoms with E-state index in [0.717, 1.165) is 25.3 Å². The van der Waals surface area contributed by atoms with E-state index in [1.807, 2.05) is 4.90 Å². The summed E-state index contributed by atoms with van der Waals surface area (Å²) in [7, 11) is 0. The minimum atomic E-state index is -4.48. The second-order valence-electron chi connectivity index (χ2n) is 4.76. The van der Waals surface area contributed by atoms with Crippen LogP contribution in [0.4, 0.5) is 13.2 Å². The maximum Gasteiger partial charge on any atom is 0.435 e. The van der Waals surface area contributed by atoms with Crippen LogP contribution in [-0.2, 0) is 11.0 Å². The first kappa shape index (κ1) is 14.0. The third-order valence-electron chi connectivity index (χ3n) is 3.35. The number of halogens is 3. The monoisotopic (exact) mass is 275 g/mol. The van der Waals surface area contributed by atoms with Gasteiger partial charge in [0.1, 0.15) is 0 Å². The van der Waals surface area contributed by atoms with Crippen molar-refractivity contribution in [3.05, 3.63) is 17.5 Å². The van der Waals surface area contributed by atoms with Crippen LogP contribution in [0.15, 0.2) is 6.07 Å². The molecule has 1 fully saturated rings. The molecule has 1 aromatic rings. The van der Waals surface area contributed by atoms with Gasteiger partial charge in [-0.05, 0) is 25.8 Å². The van der Waals surface area contributed by atoms with E-state index in [4.69, 9.17) is 0 Å². The number of aldehydes is 1. The molecule has 19 heavy (non-hydrogen) atoms. The van der Waals surface area contributed by atoms with Crippen LogP contribution in [0.3, 0.4) is 0 Å². The van der Waals surface area contributed by atoms with E-state index in [1.54, 1.807) is 0 Å². The fourth-order valence-electron chi connectivity index (χ4n) is 2.38. The number of aryl methyl sites for hydroxylation is 1. The first-order valence-electron chi connectivity index (χ1n) is 6.26. The molecule has 7 heteroatoms. The molecular weight excluding hydrogens is 259 g/mol. The molecule has 1 aliphatic heterocycles. The number of hydrogen-bond donors (Lipinski definition) is 0. The molecule has 0 saturated carbocycles. The molecule has 1 aromatic heterocycles. The van der Waals surface area contributed by atoms with E-state index in [1.165, 1.54) is 11.6 Å². The number of nitrogens with zero attached hydrogens (tertiary/aromatic N) is 3. The van der Waals surface area contributed by atoms with Gasteiger partial charge in [0, 0.05) is 18.8 Å². The number of carbonyl (C=O) groups excluding carboxylic acids is 1. The van der Waals surface area contributed by atoms with E-state index in [0.29, 0.717) is 25.1 Å². The topological polar surface area (TPSA) is 38.1 Å². The normalized spacial score (nSPS) is 19.4. The molecule has 0 aromatic carbocycles. The van der Waals surface area contributed by atoms with Crippen molar-refractivity contribution in [3.8, 4) is 0 Å². The van der Waals surface area contributed by atoms with Gasteiger partial charge in [-0.2, -0.15) is 18.3 Å². The van der Waals surface area contributed by atoms with Crippen molar-refractivity contribution in [2.24, 2.45) is 0 Å². The first-order valence-corrected chi connectivity index (χ1v) is 6.26. The van der Waals surface area contributed by atoms with Gasteiger partial charge in [-0.3, -0.25) is 9.69 Å². The third-order valence-corrected chi connectivity index (χ3v) is 3.35. The van der Waals surface area contributed by atoms with Crippen molar-refractivity contribution < 1.29 is 18.0 Å². The molecule has 0 aliphatic carbocycles. The molecule has 2 heterocycles. The summed E-state index contributed by atoms with van der Waals surface area (Å²) in [5, 5.41) is 3.55. The molecule has 0 radical (unpaired) electrons. The van der Waals surface area contributed by atoms with Gasteiger partial charge in [0.25, 0.3) is 0 Å². The molecule has 2 rings (SSSR count). The van der Waals surface area contributed by atoms with Crippen LogP contribution in [0.5, 0.6) is 0 Å². The number of likely N-dealkylation sites (tertiary alicyclic amines) is 1. The summed E-state index contributed by atoms with van der Waals surface area (Å²) in [5.74, 6) is 0. The second kappa shape index (κ2) is 5.32. The lowest BCUT2D eigenvalue weighted by atomic mass is 10.1. The minimum absolute atomic E-state index is 0.343. The van der Waals surface area contributed by atoms with Gasteiger partial charge >= 0.3 is 6.18 Å². The average molecular weight is 275 g/mol. The lowest BCUT2D eigenvalue weighted by Gasteiger charge is -2.31. The predicted molar refractivity (Wildman–Crippen MR) is 62.5 cm³/mol. The summed E-state index contributed by atoms with van der Waals surface area (Å²) < 4.78 is 39.0. The number of hydrogen-bond acceptors (Lipinski definition) is 3. The highest BCUT2D eigenvalue weighted by molar-refractivity contribution is 5.55. The van der Waals surface area contributed by atoms with E-state index in [2.05, 4.69) is 5.10 Å². The summed E-state index contributed by atoms with van der Waals surface area (Å²) in [6.45, 7) is 2.96. The quantitative estimate of drug-likeness (QED) is 0.795. The van der Waals surface area contributed by atoms with Crippen LogP contribution in [0.2, 0.25) is 0 Å². The Hall–Kier alpha value is -1.37. The van der Waals surface area contributed by atoms with Crippen LogP contribution < -0.4 is 0 Å². The summed E-state index contributed by atoms with van der Waals surface area (Å²) in [5.41, 5.74) is -0.608. The fraction of sp³-hybridized carbons (Fsp3) is 0.667. The highest BCUT2D eigenvalue weighted by Crippen LogP contribution is 2.30. The number of piperidine rings is 1. The Kier molecular flexibility index (Phi) is 3.93. The maximum atomic E-state index is 12.6. The molecule has 1 atom stereocenters. The van der Waals surface area contributed by atoms with Gasteiger partial charge in [-0.1, -0.05) is 6.42 Å². The van der Waals surface area contributed by atoms with Crippen LogP contribution in [-0.4, -0.2) is 34.1 Å². The highest BCUT2D eigenvalue weighted by Gasteiger charge is 2.35. The molecule has 0 bridgehead atoms. The number of rotatable bonds is 3. The zero-order valence-electron chi connectivity index (χ0n) is 10.7. The van der Waals surface area contributed by atoms with E-state index >= 15 is 0 Å². The van der Waals surface area contributed by atoms with Crippen molar-refractivity contribution in [2.75, 3.05) is 13.1 Å². The predicted octanol–water partition coefficient (Wildman–Crippen LogP) is 2.39. The van der Waals surface area contributed by atoms with Crippen LogP contribution >= 0.6 is 0 Å². The van der Waals surface area contributed by atoms with Gasteiger partial charge in [-0.25, -0.2) is 4.68 Å². The average Bonchev–Trinajstić information content (AvgIpc) is 2.74. The van der Waals surface area contributed by atoms with Crippen LogP contribution in [0.25, 0.3) is 0 Å². The van der Waals surface area contributed by atoms with Crippen molar-refractivity contribution in [1.82, 2.24) is 14.7 Å². The van der Waals surface area contributed by atoms with Crippen molar-refractivity contribution in [2.45, 2.75) is 38.5 Å². The van der Waals surface area contributed by atoms with E-state index in [9.17, 15) is 18.0 Å². The first-order chi connectivity index (χ1) is 8.93. The summed E-state index contributed by atoms with van der Waals surface area (Å²) in [6, 6.07) is 0.973. The molecule has 1 saturated heterocycles. The Labute approximate surface area is 109 Å². The summed E-state index contributed by atoms with van der Waals surface area (Å²) >= 11 is 0. The highest BCUT2D eigenvalue weighted by atomic mass is 19.4. The Bertz CT molecular complexity index is 450. The van der Waals surface area contributed by atoms with Gasteiger partial charge < -0.3 is 0 Å². The SMILES string of the molecule is Cc1cc(C(F)(F)F)nn1[C@@H](C=O)N1CCCCC1. The van der Waals surface area contributed by atoms with Gasteiger partial charge in [0.15, 0.2) is 18.1 Å². The zero-order valence-corrected chi connectivity index (χ0v) is 10.7. The van der Waals surface area contributed by atoms with Crippen molar-refractivity contribution in [1.29, 1.82) is 0 Å². The molecular formula is C12H16F3N3O. The number of carbonyl (C=O) groups is 1. The number of alkyl halides is 3.